The van der Waals surface area contributed by atoms with Crippen LogP contribution in [-0.2, 0) is 9.53 Å². The molecule has 0 aromatic heterocycles. The van der Waals surface area contributed by atoms with Gasteiger partial charge in [-0.15, -0.1) is 24.0 Å². The number of aliphatic imine (C=N–C) groups is 1. The lowest BCUT2D eigenvalue weighted by Crippen LogP contribution is -2.46. The maximum atomic E-state index is 11.8. The molecule has 2 N–H and O–H groups in total. The number of carbonyl (C=O) groups excluding carboxylic acids is 1. The maximum Gasteiger partial charge on any atom is 0.222 e. The summed E-state index contributed by atoms with van der Waals surface area (Å²) in [6.07, 6.45) is 3.64. The van der Waals surface area contributed by atoms with E-state index in [9.17, 15) is 4.79 Å². The second-order valence-electron chi connectivity index (χ2n) is 6.36. The molecule has 1 heterocycles. The van der Waals surface area contributed by atoms with Crippen LogP contribution in [0.5, 0.6) is 0 Å². The van der Waals surface area contributed by atoms with E-state index in [0.717, 1.165) is 38.3 Å². The van der Waals surface area contributed by atoms with Crippen molar-refractivity contribution in [3.05, 3.63) is 0 Å². The third-order valence-electron chi connectivity index (χ3n) is 4.25. The molecule has 1 amide bonds. The summed E-state index contributed by atoms with van der Waals surface area (Å²) >= 11 is 0. The number of carbonyl (C=O) groups is 1. The second kappa shape index (κ2) is 11.1. The lowest BCUT2D eigenvalue weighted by Gasteiger charge is -2.28. The molecular formula is C16H33IN4O2. The van der Waals surface area contributed by atoms with Crippen molar-refractivity contribution in [3.63, 3.8) is 0 Å². The third-order valence-corrected chi connectivity index (χ3v) is 4.25. The summed E-state index contributed by atoms with van der Waals surface area (Å²) in [6, 6.07) is 0.330. The summed E-state index contributed by atoms with van der Waals surface area (Å²) in [6.45, 7) is 8.59. The summed E-state index contributed by atoms with van der Waals surface area (Å²) in [7, 11) is 3.47. The van der Waals surface area contributed by atoms with Gasteiger partial charge < -0.3 is 20.3 Å². The molecule has 1 saturated heterocycles. The van der Waals surface area contributed by atoms with Gasteiger partial charge in [-0.1, -0.05) is 6.92 Å². The normalized spacial score (nSPS) is 17.0. The van der Waals surface area contributed by atoms with Gasteiger partial charge in [0.2, 0.25) is 5.91 Å². The standard InChI is InChI=1S/C16H32N4O2.HI/c1-6-13(20-11-7-8-14(20)21)9-10-18-15(17-4)19-12-16(2,3)22-5;/h13H,6-12H2,1-5H3,(H2,17,18,19);1H. The molecule has 1 atom stereocenters. The lowest BCUT2D eigenvalue weighted by molar-refractivity contribution is -0.129. The van der Waals surface area contributed by atoms with Crippen LogP contribution in [0.2, 0.25) is 0 Å². The summed E-state index contributed by atoms with van der Waals surface area (Å²) in [4.78, 5) is 18.1. The van der Waals surface area contributed by atoms with Crippen molar-refractivity contribution < 1.29 is 9.53 Å². The third kappa shape index (κ3) is 7.69. The molecule has 0 saturated carbocycles. The van der Waals surface area contributed by atoms with E-state index in [1.165, 1.54) is 0 Å². The Kier molecular flexibility index (Phi) is 10.8. The molecule has 1 rings (SSSR count). The Hall–Kier alpha value is -0.570. The van der Waals surface area contributed by atoms with Crippen molar-refractivity contribution in [1.82, 2.24) is 15.5 Å². The number of amides is 1. The first kappa shape index (κ1) is 22.4. The SMILES string of the molecule is CCC(CCNC(=NC)NCC(C)(C)OC)N1CCCC1=O.I. The van der Waals surface area contributed by atoms with E-state index in [-0.39, 0.29) is 29.6 Å². The molecule has 7 heteroatoms. The molecule has 0 aromatic carbocycles. The summed E-state index contributed by atoms with van der Waals surface area (Å²) in [5, 5.41) is 6.58. The molecule has 0 radical (unpaired) electrons. The van der Waals surface area contributed by atoms with Gasteiger partial charge in [-0.25, -0.2) is 0 Å². The van der Waals surface area contributed by atoms with Crippen molar-refractivity contribution >= 4 is 35.8 Å². The number of rotatable bonds is 8. The first-order valence-corrected chi connectivity index (χ1v) is 8.22. The molecule has 23 heavy (non-hydrogen) atoms. The van der Waals surface area contributed by atoms with Crippen molar-refractivity contribution in [2.75, 3.05) is 33.8 Å². The van der Waals surface area contributed by atoms with Gasteiger partial charge in [-0.05, 0) is 33.1 Å². The fraction of sp³-hybridized carbons (Fsp3) is 0.875. The van der Waals surface area contributed by atoms with E-state index in [1.807, 2.05) is 18.7 Å². The van der Waals surface area contributed by atoms with Gasteiger partial charge in [-0.3, -0.25) is 9.79 Å². The smallest absolute Gasteiger partial charge is 0.222 e. The van der Waals surface area contributed by atoms with Crippen LogP contribution in [0.4, 0.5) is 0 Å². The van der Waals surface area contributed by atoms with E-state index in [0.29, 0.717) is 24.9 Å². The second-order valence-corrected chi connectivity index (χ2v) is 6.36. The number of ether oxygens (including phenoxy) is 1. The number of nitrogens with zero attached hydrogens (tertiary/aromatic N) is 2. The van der Waals surface area contributed by atoms with Crippen molar-refractivity contribution in [2.24, 2.45) is 4.99 Å². The van der Waals surface area contributed by atoms with Crippen LogP contribution >= 0.6 is 24.0 Å². The molecule has 136 valence electrons. The number of guanidine groups is 1. The van der Waals surface area contributed by atoms with Crippen molar-refractivity contribution in [1.29, 1.82) is 0 Å². The number of methoxy groups -OCH3 is 1. The topological polar surface area (TPSA) is 66.0 Å². The molecule has 1 fully saturated rings. The van der Waals surface area contributed by atoms with Crippen LogP contribution < -0.4 is 10.6 Å². The minimum atomic E-state index is -0.231. The zero-order valence-electron chi connectivity index (χ0n) is 15.1. The highest BCUT2D eigenvalue weighted by Gasteiger charge is 2.26. The monoisotopic (exact) mass is 440 g/mol. The van der Waals surface area contributed by atoms with Gasteiger partial charge in [-0.2, -0.15) is 0 Å². The highest BCUT2D eigenvalue weighted by molar-refractivity contribution is 14.0. The van der Waals surface area contributed by atoms with Gasteiger partial charge in [0.1, 0.15) is 0 Å². The molecule has 0 spiro atoms. The first-order valence-electron chi connectivity index (χ1n) is 8.22. The Morgan fingerprint density at radius 3 is 2.61 bits per heavy atom. The number of hydrogen-bond acceptors (Lipinski definition) is 3. The zero-order valence-corrected chi connectivity index (χ0v) is 17.5. The summed E-state index contributed by atoms with van der Waals surface area (Å²) in [5.41, 5.74) is -0.231. The first-order chi connectivity index (χ1) is 10.4. The van der Waals surface area contributed by atoms with Crippen LogP contribution in [0.25, 0.3) is 0 Å². The molecule has 0 aliphatic carbocycles. The van der Waals surface area contributed by atoms with Crippen LogP contribution in [0.1, 0.15) is 46.5 Å². The Morgan fingerprint density at radius 2 is 2.13 bits per heavy atom. The van der Waals surface area contributed by atoms with Gasteiger partial charge >= 0.3 is 0 Å². The Labute approximate surface area is 157 Å². The minimum Gasteiger partial charge on any atom is -0.377 e. The number of likely N-dealkylation sites (tertiary alicyclic amines) is 1. The predicted octanol–water partition coefficient (Wildman–Crippen LogP) is 1.99. The highest BCUT2D eigenvalue weighted by Crippen LogP contribution is 2.17. The Morgan fingerprint density at radius 1 is 1.43 bits per heavy atom. The molecular weight excluding hydrogens is 407 g/mol. The maximum absolute atomic E-state index is 11.8. The average molecular weight is 440 g/mol. The molecule has 1 aliphatic heterocycles. The number of nitrogens with one attached hydrogen (secondary N) is 2. The van der Waals surface area contributed by atoms with E-state index >= 15 is 0 Å². The van der Waals surface area contributed by atoms with E-state index in [2.05, 4.69) is 22.5 Å². The predicted molar refractivity (Wildman–Crippen MR) is 106 cm³/mol. The fourth-order valence-corrected chi connectivity index (χ4v) is 2.58. The van der Waals surface area contributed by atoms with E-state index in [4.69, 9.17) is 4.74 Å². The van der Waals surface area contributed by atoms with Crippen molar-refractivity contribution in [3.8, 4) is 0 Å². The molecule has 0 aromatic rings. The van der Waals surface area contributed by atoms with Gasteiger partial charge in [0.25, 0.3) is 0 Å². The molecule has 0 bridgehead atoms. The Bertz CT molecular complexity index is 388. The van der Waals surface area contributed by atoms with E-state index in [1.54, 1.807) is 14.2 Å². The molecule has 1 unspecified atom stereocenters. The Balaban J connectivity index is 0.00000484. The number of hydrogen-bond donors (Lipinski definition) is 2. The molecule has 6 nitrogen and oxygen atoms in total. The van der Waals surface area contributed by atoms with Crippen LogP contribution in [0, 0.1) is 0 Å². The zero-order chi connectivity index (χ0) is 16.6. The number of halogens is 1. The van der Waals surface area contributed by atoms with Crippen molar-refractivity contribution in [2.45, 2.75) is 58.1 Å². The highest BCUT2D eigenvalue weighted by atomic mass is 127. The molecule has 1 aliphatic rings. The lowest BCUT2D eigenvalue weighted by atomic mass is 10.1. The van der Waals surface area contributed by atoms with Crippen LogP contribution in [0.15, 0.2) is 4.99 Å². The largest absolute Gasteiger partial charge is 0.377 e. The van der Waals surface area contributed by atoms with Gasteiger partial charge in [0.15, 0.2) is 5.96 Å². The van der Waals surface area contributed by atoms with Gasteiger partial charge in [0, 0.05) is 46.3 Å². The van der Waals surface area contributed by atoms with Crippen LogP contribution in [-0.4, -0.2) is 62.2 Å². The van der Waals surface area contributed by atoms with E-state index < -0.39 is 0 Å². The van der Waals surface area contributed by atoms with Crippen LogP contribution in [0.3, 0.4) is 0 Å². The quantitative estimate of drug-likeness (QED) is 0.344. The fourth-order valence-electron chi connectivity index (χ4n) is 2.58. The average Bonchev–Trinajstić information content (AvgIpc) is 2.93. The van der Waals surface area contributed by atoms with Gasteiger partial charge in [0.05, 0.1) is 5.60 Å². The summed E-state index contributed by atoms with van der Waals surface area (Å²) < 4.78 is 5.38. The summed E-state index contributed by atoms with van der Waals surface area (Å²) in [5.74, 6) is 1.07. The minimum absolute atomic E-state index is 0.